The van der Waals surface area contributed by atoms with Gasteiger partial charge in [0.15, 0.2) is 0 Å². The normalized spacial score (nSPS) is 22.6. The number of nitrogens with zero attached hydrogens (tertiary/aromatic N) is 2. The van der Waals surface area contributed by atoms with Gasteiger partial charge < -0.3 is 10.3 Å². The largest absolute Gasteiger partial charge is 0.339 e. The van der Waals surface area contributed by atoms with Crippen LogP contribution in [-0.4, -0.2) is 16.2 Å². The molecule has 1 saturated carbocycles. The van der Waals surface area contributed by atoms with Crippen molar-refractivity contribution in [3.63, 3.8) is 0 Å². The van der Waals surface area contributed by atoms with E-state index in [1.807, 2.05) is 0 Å². The van der Waals surface area contributed by atoms with Crippen LogP contribution in [0.4, 0.5) is 0 Å². The second kappa shape index (κ2) is 5.37. The topological polar surface area (TPSA) is 64.9 Å². The van der Waals surface area contributed by atoms with Crippen molar-refractivity contribution in [3.05, 3.63) is 35.7 Å². The average Bonchev–Trinajstić information content (AvgIpc) is 3.07. The van der Waals surface area contributed by atoms with Crippen LogP contribution in [0.15, 0.2) is 28.8 Å². The lowest BCUT2D eigenvalue weighted by atomic mass is 10.0. The number of aromatic nitrogens is 2. The molecule has 0 bridgehead atoms. The van der Waals surface area contributed by atoms with E-state index in [9.17, 15) is 0 Å². The van der Waals surface area contributed by atoms with Crippen LogP contribution in [0.1, 0.15) is 56.4 Å². The van der Waals surface area contributed by atoms with Crippen LogP contribution >= 0.6 is 0 Å². The first kappa shape index (κ1) is 13.3. The van der Waals surface area contributed by atoms with E-state index in [1.165, 1.54) is 5.56 Å². The Morgan fingerprint density at radius 1 is 1.20 bits per heavy atom. The molecular weight excluding hydrogens is 250 g/mol. The summed E-state index contributed by atoms with van der Waals surface area (Å²) in [5.41, 5.74) is 8.26. The van der Waals surface area contributed by atoms with E-state index in [0.717, 1.165) is 30.7 Å². The highest BCUT2D eigenvalue weighted by Gasteiger charge is 2.27. The number of hydrogen-bond acceptors (Lipinski definition) is 4. The van der Waals surface area contributed by atoms with Crippen LogP contribution < -0.4 is 5.73 Å². The summed E-state index contributed by atoms with van der Waals surface area (Å²) in [4.78, 5) is 4.54. The molecule has 1 aliphatic rings. The first-order valence-electron chi connectivity index (χ1n) is 7.33. The maximum atomic E-state index is 5.94. The Bertz CT molecular complexity index is 574. The Morgan fingerprint density at radius 3 is 2.55 bits per heavy atom. The predicted octanol–water partition coefficient (Wildman–Crippen LogP) is 3.45. The van der Waals surface area contributed by atoms with Gasteiger partial charge in [-0.25, -0.2) is 0 Å². The molecule has 2 atom stereocenters. The third-order valence-corrected chi connectivity index (χ3v) is 4.10. The van der Waals surface area contributed by atoms with Gasteiger partial charge in [-0.05, 0) is 30.7 Å². The van der Waals surface area contributed by atoms with Gasteiger partial charge >= 0.3 is 0 Å². The zero-order chi connectivity index (χ0) is 14.1. The second-order valence-electron chi connectivity index (χ2n) is 6.00. The van der Waals surface area contributed by atoms with E-state index >= 15 is 0 Å². The van der Waals surface area contributed by atoms with Crippen molar-refractivity contribution in [2.45, 2.75) is 51.0 Å². The van der Waals surface area contributed by atoms with Gasteiger partial charge in [-0.1, -0.05) is 43.3 Å². The molecule has 1 aromatic carbocycles. The molecule has 0 aliphatic heterocycles. The molecule has 4 heteroatoms. The standard InChI is InChI=1S/C16H21N3O/c1-10(2)11-3-5-12(6-4-11)15-18-16(20-19-15)13-7-8-14(17)9-13/h3-6,10,13-14H,7-9,17H2,1-2H3/t13-,14+/m1/s1. The fourth-order valence-corrected chi connectivity index (χ4v) is 2.78. The minimum absolute atomic E-state index is 0.278. The lowest BCUT2D eigenvalue weighted by Crippen LogP contribution is -2.14. The molecule has 2 aromatic rings. The summed E-state index contributed by atoms with van der Waals surface area (Å²) in [5, 5.41) is 4.10. The second-order valence-corrected chi connectivity index (χ2v) is 6.00. The Hall–Kier alpha value is -1.68. The molecule has 1 aromatic heterocycles. The molecular formula is C16H21N3O. The molecule has 0 unspecified atom stereocenters. The van der Waals surface area contributed by atoms with Crippen molar-refractivity contribution >= 4 is 0 Å². The number of hydrogen-bond donors (Lipinski definition) is 1. The molecule has 3 rings (SSSR count). The molecule has 0 amide bonds. The van der Waals surface area contributed by atoms with E-state index in [4.69, 9.17) is 10.3 Å². The van der Waals surface area contributed by atoms with E-state index in [0.29, 0.717) is 17.7 Å². The van der Waals surface area contributed by atoms with E-state index in [-0.39, 0.29) is 6.04 Å². The van der Waals surface area contributed by atoms with Gasteiger partial charge in [0.2, 0.25) is 11.7 Å². The molecule has 0 spiro atoms. The molecule has 1 aliphatic carbocycles. The summed E-state index contributed by atoms with van der Waals surface area (Å²) < 4.78 is 5.41. The number of nitrogens with two attached hydrogens (primary N) is 1. The average molecular weight is 271 g/mol. The van der Waals surface area contributed by atoms with Crippen molar-refractivity contribution in [2.24, 2.45) is 5.73 Å². The van der Waals surface area contributed by atoms with Crippen molar-refractivity contribution in [1.82, 2.24) is 10.1 Å². The highest BCUT2D eigenvalue weighted by molar-refractivity contribution is 5.54. The minimum Gasteiger partial charge on any atom is -0.339 e. The maximum absolute atomic E-state index is 5.94. The third-order valence-electron chi connectivity index (χ3n) is 4.10. The van der Waals surface area contributed by atoms with Crippen molar-refractivity contribution in [1.29, 1.82) is 0 Å². The van der Waals surface area contributed by atoms with E-state index in [1.54, 1.807) is 0 Å². The summed E-state index contributed by atoms with van der Waals surface area (Å²) in [7, 11) is 0. The summed E-state index contributed by atoms with van der Waals surface area (Å²) in [6, 6.07) is 8.65. The molecule has 0 saturated heterocycles. The highest BCUT2D eigenvalue weighted by atomic mass is 16.5. The fourth-order valence-electron chi connectivity index (χ4n) is 2.78. The molecule has 20 heavy (non-hydrogen) atoms. The summed E-state index contributed by atoms with van der Waals surface area (Å²) in [6.45, 7) is 4.37. The molecule has 1 heterocycles. The van der Waals surface area contributed by atoms with Crippen LogP contribution in [-0.2, 0) is 0 Å². The molecule has 0 radical (unpaired) electrons. The van der Waals surface area contributed by atoms with Crippen molar-refractivity contribution in [2.75, 3.05) is 0 Å². The van der Waals surface area contributed by atoms with Crippen LogP contribution in [0.3, 0.4) is 0 Å². The van der Waals surface area contributed by atoms with Gasteiger partial charge in [0.05, 0.1) is 0 Å². The predicted molar refractivity (Wildman–Crippen MR) is 78.4 cm³/mol. The number of benzene rings is 1. The Balaban J connectivity index is 1.79. The van der Waals surface area contributed by atoms with Crippen molar-refractivity contribution in [3.8, 4) is 11.4 Å². The summed E-state index contributed by atoms with van der Waals surface area (Å²) >= 11 is 0. The Kier molecular flexibility index (Phi) is 3.57. The lowest BCUT2D eigenvalue weighted by Gasteiger charge is -2.04. The Morgan fingerprint density at radius 2 is 1.95 bits per heavy atom. The maximum Gasteiger partial charge on any atom is 0.230 e. The third kappa shape index (κ3) is 2.61. The van der Waals surface area contributed by atoms with Crippen LogP contribution in [0.2, 0.25) is 0 Å². The van der Waals surface area contributed by atoms with Crippen LogP contribution in [0.5, 0.6) is 0 Å². The zero-order valence-corrected chi connectivity index (χ0v) is 12.0. The molecule has 106 valence electrons. The first-order chi connectivity index (χ1) is 9.63. The minimum atomic E-state index is 0.278. The molecule has 1 fully saturated rings. The van der Waals surface area contributed by atoms with Gasteiger partial charge in [0, 0.05) is 17.5 Å². The number of rotatable bonds is 3. The summed E-state index contributed by atoms with van der Waals surface area (Å²) in [5.74, 6) is 2.28. The monoisotopic (exact) mass is 271 g/mol. The SMILES string of the molecule is CC(C)c1ccc(-c2noc([C@@H]3CC[C@H](N)C3)n2)cc1. The van der Waals surface area contributed by atoms with Gasteiger partial charge in [-0.2, -0.15) is 4.98 Å². The quantitative estimate of drug-likeness (QED) is 0.928. The lowest BCUT2D eigenvalue weighted by molar-refractivity contribution is 0.353. The fraction of sp³-hybridized carbons (Fsp3) is 0.500. The highest BCUT2D eigenvalue weighted by Crippen LogP contribution is 2.33. The smallest absolute Gasteiger partial charge is 0.230 e. The van der Waals surface area contributed by atoms with Crippen LogP contribution in [0.25, 0.3) is 11.4 Å². The Labute approximate surface area is 119 Å². The zero-order valence-electron chi connectivity index (χ0n) is 12.0. The molecule has 4 nitrogen and oxygen atoms in total. The van der Waals surface area contributed by atoms with Gasteiger partial charge in [-0.3, -0.25) is 0 Å². The van der Waals surface area contributed by atoms with Gasteiger partial charge in [0.1, 0.15) is 0 Å². The van der Waals surface area contributed by atoms with E-state index < -0.39 is 0 Å². The van der Waals surface area contributed by atoms with Crippen LogP contribution in [0, 0.1) is 0 Å². The van der Waals surface area contributed by atoms with Gasteiger partial charge in [-0.15, -0.1) is 0 Å². The van der Waals surface area contributed by atoms with Gasteiger partial charge in [0.25, 0.3) is 0 Å². The van der Waals surface area contributed by atoms with E-state index in [2.05, 4.69) is 48.3 Å². The first-order valence-corrected chi connectivity index (χ1v) is 7.33. The summed E-state index contributed by atoms with van der Waals surface area (Å²) in [6.07, 6.45) is 3.05. The van der Waals surface area contributed by atoms with Crippen molar-refractivity contribution < 1.29 is 4.52 Å². The molecule has 2 N–H and O–H groups in total.